The van der Waals surface area contributed by atoms with Gasteiger partial charge in [-0.3, -0.25) is 65.5 Å². The van der Waals surface area contributed by atoms with Crippen molar-refractivity contribution in [1.29, 1.82) is 0 Å². The van der Waals surface area contributed by atoms with E-state index >= 15 is 0 Å². The molecule has 0 bridgehead atoms. The Kier molecular flexibility index (Phi) is 42.9. The van der Waals surface area contributed by atoms with E-state index < -0.39 is 93.5 Å². The average Bonchev–Trinajstić information content (AvgIpc) is 0.823. The molecule has 0 aliphatic carbocycles. The molecule has 111 heavy (non-hydrogen) atoms. The number of benzene rings is 7. The minimum Gasteiger partial charge on any atom is -0.508 e. The number of carbonyl (C=O) groups excluding carboxylic acids is 4. The summed E-state index contributed by atoms with van der Waals surface area (Å²) < 4.78 is 17.8. The van der Waals surface area contributed by atoms with Crippen LogP contribution in [0.3, 0.4) is 0 Å². The van der Waals surface area contributed by atoms with E-state index in [0.717, 1.165) is 130 Å². The number of unbranched alkanes of at least 4 members (excludes halogenated alkanes) is 5. The Labute approximate surface area is 645 Å². The number of ether oxygens (including phenoxy) is 4. The number of carboxylic acids is 2. The van der Waals surface area contributed by atoms with E-state index in [0.29, 0.717) is 36.0 Å². The third-order valence-corrected chi connectivity index (χ3v) is 14.7. The number of halogens is 3. The van der Waals surface area contributed by atoms with Crippen molar-refractivity contribution >= 4 is 116 Å². The summed E-state index contributed by atoms with van der Waals surface area (Å²) >= 11 is 11.1. The van der Waals surface area contributed by atoms with E-state index in [1.807, 2.05) is 12.1 Å². The predicted molar refractivity (Wildman–Crippen MR) is 401 cm³/mol. The number of nitrogens with one attached hydrogen (secondary N) is 1. The van der Waals surface area contributed by atoms with Gasteiger partial charge < -0.3 is 54.6 Å². The number of hydrogen-bond donors (Lipinski definition) is 7. The number of H-pyrrole nitrogens is 1. The van der Waals surface area contributed by atoms with Gasteiger partial charge in [0.1, 0.15) is 50.7 Å². The second-order valence-electron chi connectivity index (χ2n) is 22.0. The molecule has 0 radical (unpaired) electrons. The van der Waals surface area contributed by atoms with Crippen molar-refractivity contribution < 1.29 is 108 Å². The maximum Gasteiger partial charge on any atom is 0.345 e. The van der Waals surface area contributed by atoms with Gasteiger partial charge in [0.15, 0.2) is 0 Å². The van der Waals surface area contributed by atoms with E-state index in [2.05, 4.69) is 46.8 Å². The van der Waals surface area contributed by atoms with Crippen molar-refractivity contribution in [1.82, 2.24) is 9.97 Å². The lowest BCUT2D eigenvalue weighted by molar-refractivity contribution is -0.385. The van der Waals surface area contributed by atoms with Gasteiger partial charge in [-0.05, 0) is 136 Å². The summed E-state index contributed by atoms with van der Waals surface area (Å²) in [5.41, 5.74) is 0.474. The minimum atomic E-state index is -1.44. The number of nitro benzene ring substituents is 6. The average molecular weight is 1610 g/mol. The van der Waals surface area contributed by atoms with Gasteiger partial charge in [0.2, 0.25) is 0 Å². The highest BCUT2D eigenvalue weighted by molar-refractivity contribution is 6.31. The zero-order chi connectivity index (χ0) is 82.9. The van der Waals surface area contributed by atoms with Crippen LogP contribution in [0.2, 0.25) is 5.02 Å². The summed E-state index contributed by atoms with van der Waals surface area (Å²) in [5.74, 6) is 0.578. The smallest absolute Gasteiger partial charge is 0.345 e. The van der Waals surface area contributed by atoms with E-state index in [1.54, 1.807) is 26.0 Å². The van der Waals surface area contributed by atoms with Crippen molar-refractivity contribution in [2.24, 2.45) is 0 Å². The van der Waals surface area contributed by atoms with Crippen LogP contribution in [0.25, 0.3) is 10.9 Å². The van der Waals surface area contributed by atoms with E-state index in [4.69, 9.17) is 53.8 Å². The van der Waals surface area contributed by atoms with Crippen LogP contribution in [0.15, 0.2) is 132 Å². The number of aromatic amines is 1. The number of esters is 4. The predicted octanol–water partition coefficient (Wildman–Crippen LogP) is 12.9. The van der Waals surface area contributed by atoms with E-state index in [1.165, 1.54) is 68.3 Å². The number of aliphatic hydroxyl groups is 2. The number of hydrogen-bond acceptors (Lipinski definition) is 28. The molecule has 0 saturated carbocycles. The molecule has 0 atom stereocenters. The van der Waals surface area contributed by atoms with Crippen molar-refractivity contribution in [2.75, 3.05) is 47.5 Å². The topological polar surface area (TPSA) is 565 Å². The van der Waals surface area contributed by atoms with Crippen LogP contribution in [0.4, 0.5) is 34.1 Å². The normalized spacial score (nSPS) is 9.78. The second kappa shape index (κ2) is 49.7. The number of aromatic nitrogens is 2. The molecule has 37 nitrogen and oxygen atoms in total. The number of rotatable bonds is 24. The van der Waals surface area contributed by atoms with Crippen molar-refractivity contribution in [3.05, 3.63) is 265 Å². The Morgan fingerprint density at radius 1 is 0.468 bits per heavy atom. The number of carbonyl (C=O) groups is 6. The van der Waals surface area contributed by atoms with E-state index in [9.17, 15) is 94.2 Å². The number of aromatic carboxylic acids is 2. The van der Waals surface area contributed by atoms with Crippen LogP contribution in [0.1, 0.15) is 142 Å². The number of phenols is 2. The van der Waals surface area contributed by atoms with Crippen LogP contribution in [0.5, 0.6) is 11.5 Å². The summed E-state index contributed by atoms with van der Waals surface area (Å²) in [6.45, 7) is 3.76. The Morgan fingerprint density at radius 3 is 1.30 bits per heavy atom. The number of fused-ring (bicyclic) bond motifs is 1. The van der Waals surface area contributed by atoms with Crippen molar-refractivity contribution in [3.8, 4) is 23.3 Å². The van der Waals surface area contributed by atoms with Crippen LogP contribution >= 0.6 is 35.6 Å². The molecule has 0 saturated heterocycles. The highest BCUT2D eigenvalue weighted by Gasteiger charge is 2.26. The van der Waals surface area contributed by atoms with Gasteiger partial charge in [-0.2, -0.15) is 0 Å². The number of nitrogens with zero attached hydrogens (tertiary/aromatic N) is 7. The summed E-state index contributed by atoms with van der Waals surface area (Å²) in [7, 11) is 4.65. The summed E-state index contributed by atoms with van der Waals surface area (Å²) in [6, 6.07) is 28.1. The van der Waals surface area contributed by atoms with Crippen molar-refractivity contribution in [2.45, 2.75) is 78.1 Å². The molecule has 0 aliphatic rings. The Morgan fingerprint density at radius 2 is 0.847 bits per heavy atom. The van der Waals surface area contributed by atoms with Gasteiger partial charge in [0, 0.05) is 84.6 Å². The van der Waals surface area contributed by atoms with Gasteiger partial charge in [-0.25, -0.2) is 33.8 Å². The number of aliphatic hydroxyl groups excluding tert-OH is 2. The zero-order valence-electron chi connectivity index (χ0n) is 59.7. The zero-order valence-corrected chi connectivity index (χ0v) is 62.0. The Balaban J connectivity index is 0.000000650. The maximum atomic E-state index is 11.8. The van der Waals surface area contributed by atoms with Gasteiger partial charge in [-0.1, -0.05) is 54.5 Å². The molecule has 0 fully saturated rings. The first-order valence-corrected chi connectivity index (χ1v) is 32.7. The number of aromatic hydroxyl groups is 2. The summed E-state index contributed by atoms with van der Waals surface area (Å²) in [4.78, 5) is 144. The third kappa shape index (κ3) is 32.5. The van der Waals surface area contributed by atoms with Crippen LogP contribution in [0, 0.1) is 86.4 Å². The van der Waals surface area contributed by atoms with Gasteiger partial charge >= 0.3 is 35.8 Å². The Bertz CT molecular complexity index is 4630. The number of phenolic OH excluding ortho intramolecular Hbond substituents is 2. The van der Waals surface area contributed by atoms with Gasteiger partial charge in [-0.15, -0.1) is 24.0 Å². The molecule has 0 aliphatic heterocycles. The molecule has 0 unspecified atom stereocenters. The highest BCUT2D eigenvalue weighted by atomic mass is 35.5. The number of carboxylic acid groups (broad SMARTS) is 2. The molecular weight excluding hydrogens is 1540 g/mol. The summed E-state index contributed by atoms with van der Waals surface area (Å²) in [5, 5.41) is 116. The second-order valence-corrected chi connectivity index (χ2v) is 22.8. The van der Waals surface area contributed by atoms with Crippen molar-refractivity contribution in [3.63, 3.8) is 0 Å². The molecule has 1 heterocycles. The number of nitro groups is 6. The minimum absolute atomic E-state index is 0. The quantitative estimate of drug-likeness (QED) is 0.00562. The van der Waals surface area contributed by atoms with Crippen LogP contribution in [-0.2, 0) is 31.8 Å². The monoisotopic (exact) mass is 1610 g/mol. The molecule has 7 aromatic carbocycles. The molecule has 40 heteroatoms. The lowest BCUT2D eigenvalue weighted by atomic mass is 10.0. The molecule has 7 N–H and O–H groups in total. The molecule has 592 valence electrons. The molecule has 8 aromatic rings. The fourth-order valence-electron chi connectivity index (χ4n) is 8.96. The molecule has 8 rings (SSSR count). The number of methoxy groups -OCH3 is 4. The van der Waals surface area contributed by atoms with Gasteiger partial charge in [0.05, 0.1) is 68.9 Å². The maximum absolute atomic E-state index is 11.8. The molecule has 1 aromatic heterocycles. The first kappa shape index (κ1) is 95.9. The Hall–Kier alpha value is -13.2. The third-order valence-electron chi connectivity index (χ3n) is 14.2. The van der Waals surface area contributed by atoms with Gasteiger partial charge in [0.25, 0.3) is 39.7 Å². The SMILES string of the molecule is COC(=O)c1cc(C#CCCCO)ccc1[N+](=O)[O-].COC(=O)c1cc(C)ccc1[N+](=O)[O-].COC(=O)c1cc(CCCCCO)ccc1[N+](=O)[O-].COC(=O)c1cc(O)ccc1[N+](=O)[O-].Cc1nc2ccc(CCCCCCl)cc2c(=O)[nH]1.Cl.O=C(O)c1cc(Cl)ccc1[N+](=O)[O-].O=C(O)c1cc(O)ccc1[N+](=O)[O-]. The summed E-state index contributed by atoms with van der Waals surface area (Å²) in [6.07, 6.45) is 8.53. The largest absolute Gasteiger partial charge is 0.508 e. The molecule has 0 amide bonds. The molecular formula is C71H73Cl3N8O29. The number of alkyl halides is 1. The number of aryl methyl sites for hydroxylation is 4. The van der Waals surface area contributed by atoms with Crippen LogP contribution < -0.4 is 5.56 Å². The lowest BCUT2D eigenvalue weighted by Gasteiger charge is -2.05. The first-order valence-electron chi connectivity index (χ1n) is 31.8. The fourth-order valence-corrected chi connectivity index (χ4v) is 9.32. The van der Waals surface area contributed by atoms with E-state index in [-0.39, 0.29) is 87.0 Å². The first-order chi connectivity index (χ1) is 52.0. The molecule has 0 spiro atoms. The lowest BCUT2D eigenvalue weighted by Crippen LogP contribution is -2.09. The van der Waals surface area contributed by atoms with Crippen LogP contribution in [-0.4, -0.2) is 153 Å². The fraction of sp³-hybridized carbons (Fsp3) is 0.268. The standard InChI is InChI=1S/C14H17ClN2O.C13H17NO5.C13H13NO5.C9H9NO4.C8H7NO5.C7H4ClNO4.C7H5NO5.ClH/c1-10-16-13-7-6-11(5-3-2-4-8-15)9-12(13)14(18)17-10;2*1-19-13(16)11-9-10(5-3-2-4-8-15)6-7-12(11)14(17)18;1-6-3-4-8(10(12)13)7(5-6)9(11)14-2;1-14-8(11)6-4-5(10)2-3-7(6)9(12)13;8-4-1-2-6(9(12)13)5(3-4)7(10)11;9-4-1-2-6(8(12)13)5(3-4)7(10)11;/h6-7,9H,2-5,8H2,1H3,(H,16,17,18);6-7,9,15H,2-5,8H2,1H3;6-7,9,15H,2,4,8H2,1H3;3-5H,1-2H3;2-4,10H,1H3;1-3H,(H,10,11);1-3,9H,(H,10,11);1H. The highest BCUT2D eigenvalue weighted by Crippen LogP contribution is 2.28.